The molecule has 1 fully saturated rings. The van der Waals surface area contributed by atoms with Crippen molar-refractivity contribution in [1.82, 2.24) is 0 Å². The molecule has 3 aromatic carbocycles. The predicted molar refractivity (Wildman–Crippen MR) is 118 cm³/mol. The van der Waals surface area contributed by atoms with Crippen LogP contribution in [-0.2, 0) is 9.59 Å². The Morgan fingerprint density at radius 3 is 2.29 bits per heavy atom. The van der Waals surface area contributed by atoms with Gasteiger partial charge in [0, 0.05) is 11.3 Å². The van der Waals surface area contributed by atoms with Crippen LogP contribution in [0.2, 0.25) is 0 Å². The van der Waals surface area contributed by atoms with Crippen LogP contribution in [0.5, 0.6) is 0 Å². The second-order valence-corrected chi connectivity index (χ2v) is 7.83. The molecule has 4 rings (SSSR count). The number of amides is 1. The summed E-state index contributed by atoms with van der Waals surface area (Å²) in [5, 5.41) is 11.1. The molecule has 1 heterocycles. The van der Waals surface area contributed by atoms with Crippen molar-refractivity contribution in [3.05, 3.63) is 106 Å². The summed E-state index contributed by atoms with van der Waals surface area (Å²) in [6.45, 7) is 5.37. The van der Waals surface area contributed by atoms with Gasteiger partial charge in [-0.2, -0.15) is 0 Å². The molecule has 4 nitrogen and oxygen atoms in total. The molecule has 1 unspecified atom stereocenters. The first-order chi connectivity index (χ1) is 14.8. The lowest BCUT2D eigenvalue weighted by molar-refractivity contribution is -0.132. The Morgan fingerprint density at radius 2 is 1.61 bits per heavy atom. The van der Waals surface area contributed by atoms with Crippen molar-refractivity contribution in [3.63, 3.8) is 0 Å². The van der Waals surface area contributed by atoms with Gasteiger partial charge in [0.25, 0.3) is 11.7 Å². The molecule has 1 amide bonds. The molecule has 3 aromatic rings. The lowest BCUT2D eigenvalue weighted by atomic mass is 9.94. The number of nitrogens with zero attached hydrogens (tertiary/aromatic N) is 1. The highest BCUT2D eigenvalue weighted by atomic mass is 19.1. The van der Waals surface area contributed by atoms with Gasteiger partial charge in [-0.05, 0) is 67.3 Å². The fraction of sp³-hybridized carbons (Fsp3) is 0.154. The number of carbonyl (C=O) groups excluding carboxylic acids is 2. The van der Waals surface area contributed by atoms with Crippen LogP contribution in [0.1, 0.15) is 33.9 Å². The molecule has 1 saturated heterocycles. The highest BCUT2D eigenvalue weighted by Crippen LogP contribution is 2.43. The third kappa shape index (κ3) is 3.52. The van der Waals surface area contributed by atoms with Gasteiger partial charge in [0.2, 0.25) is 0 Å². The Kier molecular flexibility index (Phi) is 5.19. The quantitative estimate of drug-likeness (QED) is 0.355. The first-order valence-corrected chi connectivity index (χ1v) is 9.99. The first-order valence-electron chi connectivity index (χ1n) is 9.99. The number of aliphatic hydroxyl groups excluding tert-OH is 1. The van der Waals surface area contributed by atoms with E-state index in [1.54, 1.807) is 6.92 Å². The molecule has 0 bridgehead atoms. The van der Waals surface area contributed by atoms with E-state index in [1.807, 2.05) is 62.4 Å². The van der Waals surface area contributed by atoms with E-state index in [-0.39, 0.29) is 11.3 Å². The topological polar surface area (TPSA) is 57.6 Å². The smallest absolute Gasteiger partial charge is 0.300 e. The van der Waals surface area contributed by atoms with E-state index >= 15 is 0 Å². The zero-order valence-electron chi connectivity index (χ0n) is 17.5. The van der Waals surface area contributed by atoms with Gasteiger partial charge in [0.15, 0.2) is 0 Å². The standard InChI is InChI=1S/C26H22FNO3/c1-15-9-10-16(2)21(13-15)28-23(18-7-5-4-6-8-18)22(25(30)26(28)31)24(29)19-11-12-20(27)17(3)14-19/h4-14,23,29H,1-3H3/b24-22-. The maximum atomic E-state index is 13.8. The van der Waals surface area contributed by atoms with Gasteiger partial charge in [0.05, 0.1) is 11.6 Å². The Balaban J connectivity index is 1.98. The number of ketones is 1. The summed E-state index contributed by atoms with van der Waals surface area (Å²) in [5.74, 6) is -2.20. The van der Waals surface area contributed by atoms with Crippen LogP contribution in [0.15, 0.2) is 72.3 Å². The van der Waals surface area contributed by atoms with Crippen LogP contribution < -0.4 is 4.90 Å². The van der Waals surface area contributed by atoms with Gasteiger partial charge >= 0.3 is 0 Å². The van der Waals surface area contributed by atoms with Crippen molar-refractivity contribution in [1.29, 1.82) is 0 Å². The fourth-order valence-electron chi connectivity index (χ4n) is 3.96. The van der Waals surface area contributed by atoms with Crippen LogP contribution in [0.4, 0.5) is 10.1 Å². The second kappa shape index (κ2) is 7.84. The predicted octanol–water partition coefficient (Wildman–Crippen LogP) is 5.38. The van der Waals surface area contributed by atoms with E-state index in [1.165, 1.54) is 23.1 Å². The average molecular weight is 415 g/mol. The van der Waals surface area contributed by atoms with Crippen LogP contribution in [0.25, 0.3) is 5.76 Å². The number of rotatable bonds is 3. The molecule has 0 saturated carbocycles. The minimum atomic E-state index is -0.799. The monoisotopic (exact) mass is 415 g/mol. The molecular formula is C26H22FNO3. The largest absolute Gasteiger partial charge is 0.507 e. The zero-order chi connectivity index (χ0) is 22.3. The Morgan fingerprint density at radius 1 is 0.903 bits per heavy atom. The minimum Gasteiger partial charge on any atom is -0.507 e. The molecule has 1 N–H and O–H groups in total. The lowest BCUT2D eigenvalue weighted by Gasteiger charge is -2.27. The number of anilines is 1. The SMILES string of the molecule is Cc1ccc(C)c(N2C(=O)C(=O)/C(=C(\O)c3ccc(F)c(C)c3)C2c2ccccc2)c1. The summed E-state index contributed by atoms with van der Waals surface area (Å²) in [7, 11) is 0. The molecule has 1 aliphatic rings. The van der Waals surface area contributed by atoms with Crippen molar-refractivity contribution in [2.75, 3.05) is 4.90 Å². The number of halogens is 1. The van der Waals surface area contributed by atoms with E-state index in [2.05, 4.69) is 0 Å². The Bertz CT molecular complexity index is 1230. The number of Topliss-reactive ketones (excluding diaryl/α,β-unsaturated/α-hetero) is 1. The van der Waals surface area contributed by atoms with E-state index in [9.17, 15) is 19.1 Å². The van der Waals surface area contributed by atoms with Crippen LogP contribution in [-0.4, -0.2) is 16.8 Å². The molecular weight excluding hydrogens is 393 g/mol. The molecule has 0 radical (unpaired) electrons. The number of benzene rings is 3. The minimum absolute atomic E-state index is 0.0110. The summed E-state index contributed by atoms with van der Waals surface area (Å²) < 4.78 is 13.8. The van der Waals surface area contributed by atoms with Crippen LogP contribution >= 0.6 is 0 Å². The van der Waals surface area contributed by atoms with Crippen molar-refractivity contribution in [2.24, 2.45) is 0 Å². The summed E-state index contributed by atoms with van der Waals surface area (Å²) in [5.41, 5.74) is 3.72. The van der Waals surface area contributed by atoms with E-state index in [0.29, 0.717) is 22.4 Å². The van der Waals surface area contributed by atoms with Crippen molar-refractivity contribution in [2.45, 2.75) is 26.8 Å². The van der Waals surface area contributed by atoms with Gasteiger partial charge in [-0.15, -0.1) is 0 Å². The lowest BCUT2D eigenvalue weighted by Crippen LogP contribution is -2.30. The molecule has 0 spiro atoms. The highest BCUT2D eigenvalue weighted by Gasteiger charge is 2.47. The van der Waals surface area contributed by atoms with E-state index in [0.717, 1.165) is 11.1 Å². The molecule has 1 aliphatic heterocycles. The van der Waals surface area contributed by atoms with Crippen molar-refractivity contribution in [3.8, 4) is 0 Å². The number of hydrogen-bond acceptors (Lipinski definition) is 3. The average Bonchev–Trinajstić information content (AvgIpc) is 3.02. The van der Waals surface area contributed by atoms with Gasteiger partial charge in [-0.25, -0.2) is 4.39 Å². The summed E-state index contributed by atoms with van der Waals surface area (Å²) >= 11 is 0. The highest BCUT2D eigenvalue weighted by molar-refractivity contribution is 6.51. The van der Waals surface area contributed by atoms with E-state index < -0.39 is 23.5 Å². The maximum Gasteiger partial charge on any atom is 0.300 e. The fourth-order valence-corrected chi connectivity index (χ4v) is 3.96. The molecule has 0 aliphatic carbocycles. The first kappa shape index (κ1) is 20.5. The summed E-state index contributed by atoms with van der Waals surface area (Å²) in [4.78, 5) is 27.8. The normalized spacial score (nSPS) is 17.9. The van der Waals surface area contributed by atoms with Crippen molar-refractivity contribution >= 4 is 23.1 Å². The van der Waals surface area contributed by atoms with Gasteiger partial charge < -0.3 is 5.11 Å². The Labute approximate surface area is 180 Å². The number of carbonyl (C=O) groups is 2. The molecule has 31 heavy (non-hydrogen) atoms. The summed E-state index contributed by atoms with van der Waals surface area (Å²) in [6.07, 6.45) is 0. The molecule has 0 aromatic heterocycles. The zero-order valence-corrected chi connectivity index (χ0v) is 17.5. The third-order valence-corrected chi connectivity index (χ3v) is 5.62. The molecule has 1 atom stereocenters. The van der Waals surface area contributed by atoms with Gasteiger partial charge in [-0.3, -0.25) is 14.5 Å². The number of aliphatic hydroxyl groups is 1. The molecule has 156 valence electrons. The number of aryl methyl sites for hydroxylation is 3. The maximum absolute atomic E-state index is 13.8. The Hall–Kier alpha value is -3.73. The van der Waals surface area contributed by atoms with Gasteiger partial charge in [0.1, 0.15) is 11.6 Å². The van der Waals surface area contributed by atoms with Gasteiger partial charge in [-0.1, -0.05) is 42.5 Å². The second-order valence-electron chi connectivity index (χ2n) is 7.83. The number of hydrogen-bond donors (Lipinski definition) is 1. The van der Waals surface area contributed by atoms with E-state index in [4.69, 9.17) is 0 Å². The third-order valence-electron chi connectivity index (χ3n) is 5.62. The summed E-state index contributed by atoms with van der Waals surface area (Å²) in [6, 6.07) is 18.1. The van der Waals surface area contributed by atoms with Crippen LogP contribution in [0, 0.1) is 26.6 Å². The van der Waals surface area contributed by atoms with Crippen LogP contribution in [0.3, 0.4) is 0 Å². The van der Waals surface area contributed by atoms with Crippen molar-refractivity contribution < 1.29 is 19.1 Å². The molecule has 5 heteroatoms.